The van der Waals surface area contributed by atoms with Gasteiger partial charge in [-0.25, -0.2) is 9.97 Å². The van der Waals surface area contributed by atoms with Crippen LogP contribution < -0.4 is 15.1 Å². The Morgan fingerprint density at radius 1 is 1.17 bits per heavy atom. The molecule has 158 valence electrons. The molecule has 0 atom stereocenters. The molecule has 1 saturated heterocycles. The Kier molecular flexibility index (Phi) is 5.90. The number of anilines is 2. The van der Waals surface area contributed by atoms with Gasteiger partial charge in [-0.2, -0.15) is 0 Å². The quantitative estimate of drug-likeness (QED) is 0.674. The second-order valence-corrected chi connectivity index (χ2v) is 9.27. The Hall–Kier alpha value is -2.67. The molecule has 0 aliphatic carbocycles. The zero-order valence-corrected chi connectivity index (χ0v) is 18.9. The van der Waals surface area contributed by atoms with Crippen molar-refractivity contribution < 1.29 is 4.79 Å². The van der Waals surface area contributed by atoms with Gasteiger partial charge < -0.3 is 15.1 Å². The second kappa shape index (κ2) is 8.60. The Labute approximate surface area is 181 Å². The molecule has 0 spiro atoms. The summed E-state index contributed by atoms with van der Waals surface area (Å²) in [5.41, 5.74) is 3.31. The van der Waals surface area contributed by atoms with Crippen LogP contribution in [0.2, 0.25) is 0 Å². The normalized spacial score (nSPS) is 14.9. The summed E-state index contributed by atoms with van der Waals surface area (Å²) in [6.45, 7) is 6.33. The first-order valence-corrected chi connectivity index (χ1v) is 11.3. The molecule has 4 rings (SSSR count). The van der Waals surface area contributed by atoms with Crippen LogP contribution in [0.3, 0.4) is 0 Å². The van der Waals surface area contributed by atoms with E-state index in [9.17, 15) is 4.79 Å². The van der Waals surface area contributed by atoms with Crippen molar-refractivity contribution in [2.45, 2.75) is 33.2 Å². The number of piperidine rings is 1. The molecule has 0 bridgehead atoms. The lowest BCUT2D eigenvalue weighted by atomic mass is 9.95. The summed E-state index contributed by atoms with van der Waals surface area (Å²) in [6, 6.07) is 8.31. The molecule has 1 aliphatic rings. The molecule has 0 radical (unpaired) electrons. The zero-order chi connectivity index (χ0) is 21.3. The van der Waals surface area contributed by atoms with Crippen molar-refractivity contribution >= 4 is 39.7 Å². The van der Waals surface area contributed by atoms with E-state index in [1.165, 1.54) is 4.88 Å². The summed E-state index contributed by atoms with van der Waals surface area (Å²) in [4.78, 5) is 27.7. The second-order valence-electron chi connectivity index (χ2n) is 8.19. The minimum Gasteiger partial charge on any atom is -0.378 e. The van der Waals surface area contributed by atoms with Crippen LogP contribution in [-0.2, 0) is 11.3 Å². The van der Waals surface area contributed by atoms with Crippen LogP contribution >= 0.6 is 11.3 Å². The third-order valence-corrected chi connectivity index (χ3v) is 6.71. The summed E-state index contributed by atoms with van der Waals surface area (Å²) in [7, 11) is 4.05. The lowest BCUT2D eigenvalue weighted by molar-refractivity contribution is -0.125. The highest BCUT2D eigenvalue weighted by Gasteiger charge is 2.27. The lowest BCUT2D eigenvalue weighted by Crippen LogP contribution is -2.40. The number of carbonyl (C=O) groups excluding carboxylic acids is 1. The van der Waals surface area contributed by atoms with E-state index in [1.54, 1.807) is 11.3 Å². The average molecular weight is 424 g/mol. The summed E-state index contributed by atoms with van der Waals surface area (Å²) in [6.07, 6.45) is 1.69. The van der Waals surface area contributed by atoms with Gasteiger partial charge in [0, 0.05) is 55.6 Å². The van der Waals surface area contributed by atoms with E-state index in [-0.39, 0.29) is 11.8 Å². The van der Waals surface area contributed by atoms with Crippen molar-refractivity contribution in [3.05, 3.63) is 45.9 Å². The molecule has 1 aliphatic heterocycles. The van der Waals surface area contributed by atoms with E-state index in [0.717, 1.165) is 59.7 Å². The summed E-state index contributed by atoms with van der Waals surface area (Å²) in [5, 5.41) is 6.39. The molecule has 1 N–H and O–H groups in total. The largest absolute Gasteiger partial charge is 0.378 e. The van der Waals surface area contributed by atoms with Gasteiger partial charge in [-0.3, -0.25) is 4.79 Å². The minimum atomic E-state index is 0.0595. The molecular formula is C23H29N5OS. The van der Waals surface area contributed by atoms with Gasteiger partial charge in [0.15, 0.2) is 0 Å². The number of nitrogens with zero attached hydrogens (tertiary/aromatic N) is 4. The van der Waals surface area contributed by atoms with Gasteiger partial charge in [-0.1, -0.05) is 12.1 Å². The molecule has 0 saturated carbocycles. The van der Waals surface area contributed by atoms with E-state index in [0.29, 0.717) is 6.54 Å². The lowest BCUT2D eigenvalue weighted by Gasteiger charge is -2.32. The summed E-state index contributed by atoms with van der Waals surface area (Å²) < 4.78 is 0. The predicted octanol–water partition coefficient (Wildman–Crippen LogP) is 3.91. The molecule has 2 aromatic heterocycles. The Morgan fingerprint density at radius 3 is 2.53 bits per heavy atom. The predicted molar refractivity (Wildman–Crippen MR) is 124 cm³/mol. The molecule has 30 heavy (non-hydrogen) atoms. The number of aryl methyl sites for hydroxylation is 2. The zero-order valence-electron chi connectivity index (χ0n) is 18.1. The molecule has 1 amide bonds. The number of fused-ring (bicyclic) bond motifs is 1. The van der Waals surface area contributed by atoms with Crippen molar-refractivity contribution in [1.82, 2.24) is 15.3 Å². The number of aromatic nitrogens is 2. The molecular weight excluding hydrogens is 394 g/mol. The van der Waals surface area contributed by atoms with Crippen LogP contribution in [0.1, 0.15) is 29.1 Å². The Balaban J connectivity index is 1.35. The van der Waals surface area contributed by atoms with E-state index in [2.05, 4.69) is 56.7 Å². The number of hydrogen-bond donors (Lipinski definition) is 1. The molecule has 7 heteroatoms. The molecule has 6 nitrogen and oxygen atoms in total. The van der Waals surface area contributed by atoms with Gasteiger partial charge >= 0.3 is 0 Å². The Bertz CT molecular complexity index is 1040. The van der Waals surface area contributed by atoms with Crippen molar-refractivity contribution in [2.75, 3.05) is 37.0 Å². The molecule has 1 aromatic carbocycles. The number of hydrogen-bond acceptors (Lipinski definition) is 6. The molecule has 1 fully saturated rings. The topological polar surface area (TPSA) is 61.4 Å². The molecule has 3 heterocycles. The van der Waals surface area contributed by atoms with Crippen LogP contribution in [0.5, 0.6) is 0 Å². The highest BCUT2D eigenvalue weighted by atomic mass is 32.1. The number of nitrogens with one attached hydrogen (secondary N) is 1. The van der Waals surface area contributed by atoms with Gasteiger partial charge in [0.05, 0.1) is 10.9 Å². The first kappa shape index (κ1) is 20.6. The monoisotopic (exact) mass is 423 g/mol. The maximum absolute atomic E-state index is 12.7. The van der Waals surface area contributed by atoms with Crippen LogP contribution in [0.4, 0.5) is 11.5 Å². The van der Waals surface area contributed by atoms with Gasteiger partial charge in [-0.15, -0.1) is 11.3 Å². The van der Waals surface area contributed by atoms with Crippen LogP contribution in [0.15, 0.2) is 29.6 Å². The highest BCUT2D eigenvalue weighted by molar-refractivity contribution is 7.11. The van der Waals surface area contributed by atoms with E-state index < -0.39 is 0 Å². The third kappa shape index (κ3) is 4.26. The van der Waals surface area contributed by atoms with Crippen molar-refractivity contribution in [3.8, 4) is 0 Å². The minimum absolute atomic E-state index is 0.0595. The van der Waals surface area contributed by atoms with Gasteiger partial charge in [0.2, 0.25) is 5.91 Å². The van der Waals surface area contributed by atoms with Crippen molar-refractivity contribution in [3.63, 3.8) is 0 Å². The van der Waals surface area contributed by atoms with Gasteiger partial charge in [0.1, 0.15) is 11.6 Å². The number of thiophene rings is 1. The Morgan fingerprint density at radius 2 is 1.87 bits per heavy atom. The first-order valence-electron chi connectivity index (χ1n) is 10.4. The fraction of sp³-hybridized carbons (Fsp3) is 0.435. The van der Waals surface area contributed by atoms with Crippen molar-refractivity contribution in [1.29, 1.82) is 0 Å². The smallest absolute Gasteiger partial charge is 0.223 e. The molecule has 0 unspecified atom stereocenters. The number of benzene rings is 1. The maximum atomic E-state index is 12.7. The first-order chi connectivity index (χ1) is 14.4. The van der Waals surface area contributed by atoms with Crippen LogP contribution in [-0.4, -0.2) is 43.1 Å². The fourth-order valence-electron chi connectivity index (χ4n) is 4.03. The number of rotatable bonds is 5. The van der Waals surface area contributed by atoms with Gasteiger partial charge in [0.25, 0.3) is 0 Å². The van der Waals surface area contributed by atoms with E-state index >= 15 is 0 Å². The van der Waals surface area contributed by atoms with Gasteiger partial charge in [-0.05, 0) is 44.4 Å². The van der Waals surface area contributed by atoms with Crippen LogP contribution in [0.25, 0.3) is 10.9 Å². The number of amides is 1. The standard InChI is InChI=1S/C23H29N5OS/c1-15-21-20(14-30-15)25-16(2)26-22(21)28-11-9-18(10-12-28)23(29)24-13-17-5-7-19(8-6-17)27(3)4/h5-8,14,18H,9-13H2,1-4H3,(H,24,29). The maximum Gasteiger partial charge on any atom is 0.223 e. The van der Waals surface area contributed by atoms with Crippen molar-refractivity contribution in [2.24, 2.45) is 5.92 Å². The number of carbonyl (C=O) groups is 1. The van der Waals surface area contributed by atoms with E-state index in [4.69, 9.17) is 4.98 Å². The average Bonchev–Trinajstić information content (AvgIpc) is 3.12. The molecule has 3 aromatic rings. The third-order valence-electron chi connectivity index (χ3n) is 5.81. The van der Waals surface area contributed by atoms with E-state index in [1.807, 2.05) is 21.0 Å². The van der Waals surface area contributed by atoms with Crippen LogP contribution in [0, 0.1) is 19.8 Å². The fourth-order valence-corrected chi connectivity index (χ4v) is 4.81. The highest BCUT2D eigenvalue weighted by Crippen LogP contribution is 2.33. The summed E-state index contributed by atoms with van der Waals surface area (Å²) >= 11 is 1.72. The SMILES string of the molecule is Cc1nc(N2CCC(C(=O)NCc3ccc(N(C)C)cc3)CC2)c2c(C)scc2n1. The summed E-state index contributed by atoms with van der Waals surface area (Å²) in [5.74, 6) is 2.04.